The Balaban J connectivity index is 1.94. The second-order valence-electron chi connectivity index (χ2n) is 5.57. The Morgan fingerprint density at radius 3 is 1.83 bits per heavy atom. The van der Waals surface area contributed by atoms with Crippen molar-refractivity contribution in [3.8, 4) is 0 Å². The second kappa shape index (κ2) is 7.63. The van der Waals surface area contributed by atoms with Gasteiger partial charge in [0.1, 0.15) is 48.8 Å². The van der Waals surface area contributed by atoms with Gasteiger partial charge in [-0.3, -0.25) is 0 Å². The van der Waals surface area contributed by atoms with Gasteiger partial charge >= 0.3 is 0 Å². The van der Waals surface area contributed by atoms with E-state index in [4.69, 9.17) is 19.3 Å². The molecule has 0 spiro atoms. The minimum Gasteiger partial charge on any atom is -0.394 e. The molecule has 2 aliphatic heterocycles. The quantitative estimate of drug-likeness (QED) is 0.243. The topological polar surface area (TPSA) is 190 Å². The van der Waals surface area contributed by atoms with Crippen molar-refractivity contribution in [1.29, 1.82) is 0 Å². The summed E-state index contributed by atoms with van der Waals surface area (Å²) in [5, 5.41) is 76.1. The molecule has 0 aromatic heterocycles. The molecule has 2 aliphatic rings. The summed E-state index contributed by atoms with van der Waals surface area (Å²) in [6, 6.07) is 0. The smallest absolute Gasteiger partial charge is 0.186 e. The molecule has 0 aromatic carbocycles. The highest BCUT2D eigenvalue weighted by molar-refractivity contribution is 4.91. The molecule has 2 fully saturated rings. The number of rotatable bonds is 4. The first-order valence-corrected chi connectivity index (χ1v) is 7.07. The molecule has 23 heavy (non-hydrogen) atoms. The van der Waals surface area contributed by atoms with E-state index >= 15 is 0 Å². The maximum atomic E-state index is 9.78. The van der Waals surface area contributed by atoms with E-state index in [1.807, 2.05) is 0 Å². The standard InChI is InChI=1S/C12H22O11/c13-1-3-5(14)8(17)10(19)12(23-3)21-2-4-6(15)7(16)9(18)11(20)22-4/h3-20H,1-2H2/t3-,4+,5+,6+,7-,8+,9+,10+,11+,12-/m1/s1. The molecule has 0 aromatic rings. The Morgan fingerprint density at radius 2 is 1.22 bits per heavy atom. The lowest BCUT2D eigenvalue weighted by atomic mass is 9.98. The van der Waals surface area contributed by atoms with Gasteiger partial charge in [0.15, 0.2) is 12.6 Å². The monoisotopic (exact) mass is 342 g/mol. The maximum Gasteiger partial charge on any atom is 0.186 e. The van der Waals surface area contributed by atoms with Crippen molar-refractivity contribution in [2.75, 3.05) is 13.2 Å². The molecule has 136 valence electrons. The average molecular weight is 342 g/mol. The molecule has 0 aliphatic carbocycles. The highest BCUT2D eigenvalue weighted by atomic mass is 16.7. The van der Waals surface area contributed by atoms with Crippen molar-refractivity contribution in [2.24, 2.45) is 0 Å². The van der Waals surface area contributed by atoms with E-state index in [0.717, 1.165) is 0 Å². The molecular weight excluding hydrogens is 320 g/mol. The van der Waals surface area contributed by atoms with Crippen molar-refractivity contribution in [2.45, 2.75) is 61.4 Å². The molecule has 2 saturated heterocycles. The highest BCUT2D eigenvalue weighted by Gasteiger charge is 2.46. The van der Waals surface area contributed by atoms with E-state index in [1.54, 1.807) is 0 Å². The van der Waals surface area contributed by atoms with Crippen molar-refractivity contribution >= 4 is 0 Å². The van der Waals surface area contributed by atoms with E-state index in [1.165, 1.54) is 0 Å². The highest BCUT2D eigenvalue weighted by Crippen LogP contribution is 2.24. The average Bonchev–Trinajstić information content (AvgIpc) is 2.54. The first-order valence-electron chi connectivity index (χ1n) is 7.07. The van der Waals surface area contributed by atoms with Crippen molar-refractivity contribution < 1.29 is 55.1 Å². The lowest BCUT2D eigenvalue weighted by molar-refractivity contribution is -0.325. The molecule has 10 atom stereocenters. The molecule has 11 heteroatoms. The van der Waals surface area contributed by atoms with Gasteiger partial charge in [-0.25, -0.2) is 0 Å². The van der Waals surface area contributed by atoms with E-state index in [2.05, 4.69) is 0 Å². The molecule has 2 heterocycles. The third-order valence-electron chi connectivity index (χ3n) is 3.96. The molecule has 0 bridgehead atoms. The largest absolute Gasteiger partial charge is 0.394 e. The van der Waals surface area contributed by atoms with Gasteiger partial charge in [-0.15, -0.1) is 0 Å². The van der Waals surface area contributed by atoms with Crippen LogP contribution in [0.15, 0.2) is 0 Å². The fraction of sp³-hybridized carbons (Fsp3) is 1.00. The van der Waals surface area contributed by atoms with Crippen LogP contribution in [-0.4, -0.2) is 115 Å². The predicted molar refractivity (Wildman–Crippen MR) is 68.6 cm³/mol. The Bertz CT molecular complexity index is 380. The van der Waals surface area contributed by atoms with Gasteiger partial charge in [-0.05, 0) is 0 Å². The van der Waals surface area contributed by atoms with Crippen LogP contribution < -0.4 is 0 Å². The minimum absolute atomic E-state index is 0.468. The SMILES string of the molecule is OC[C@H]1O[C@@H](OC[C@@H]2O[C@H](O)[C@@H](O)[C@H](O)[C@H]2O)[C@@H](O)[C@@H](O)[C@H]1O. The zero-order valence-electron chi connectivity index (χ0n) is 12.0. The zero-order valence-corrected chi connectivity index (χ0v) is 12.0. The molecule has 0 amide bonds. The molecule has 0 saturated carbocycles. The van der Waals surface area contributed by atoms with Crippen LogP contribution in [0.4, 0.5) is 0 Å². The number of hydrogen-bond acceptors (Lipinski definition) is 11. The van der Waals surface area contributed by atoms with Crippen LogP contribution in [0.25, 0.3) is 0 Å². The van der Waals surface area contributed by atoms with Gasteiger partial charge in [-0.2, -0.15) is 0 Å². The first kappa shape index (κ1) is 18.9. The Morgan fingerprint density at radius 1 is 0.652 bits per heavy atom. The van der Waals surface area contributed by atoms with Crippen LogP contribution in [0.2, 0.25) is 0 Å². The summed E-state index contributed by atoms with van der Waals surface area (Å²) < 4.78 is 15.1. The summed E-state index contributed by atoms with van der Waals surface area (Å²) in [6.45, 7) is -1.10. The van der Waals surface area contributed by atoms with Crippen LogP contribution in [0, 0.1) is 0 Å². The van der Waals surface area contributed by atoms with E-state index in [9.17, 15) is 35.7 Å². The molecule has 8 N–H and O–H groups in total. The number of aliphatic hydroxyl groups excluding tert-OH is 8. The van der Waals surface area contributed by atoms with Gasteiger partial charge in [0.2, 0.25) is 0 Å². The summed E-state index contributed by atoms with van der Waals surface area (Å²) in [7, 11) is 0. The van der Waals surface area contributed by atoms with Crippen molar-refractivity contribution in [1.82, 2.24) is 0 Å². The maximum absolute atomic E-state index is 9.78. The molecule has 11 nitrogen and oxygen atoms in total. The van der Waals surface area contributed by atoms with Crippen LogP contribution in [0.1, 0.15) is 0 Å². The van der Waals surface area contributed by atoms with Crippen LogP contribution in [0.5, 0.6) is 0 Å². The van der Waals surface area contributed by atoms with Gasteiger partial charge in [-0.1, -0.05) is 0 Å². The summed E-state index contributed by atoms with van der Waals surface area (Å²) in [4.78, 5) is 0. The predicted octanol–water partition coefficient (Wildman–Crippen LogP) is -5.40. The molecule has 2 rings (SSSR count). The summed E-state index contributed by atoms with van der Waals surface area (Å²) in [6.07, 6.45) is -15.3. The first-order chi connectivity index (χ1) is 10.8. The van der Waals surface area contributed by atoms with Crippen molar-refractivity contribution in [3.63, 3.8) is 0 Å². The van der Waals surface area contributed by atoms with Gasteiger partial charge in [0.05, 0.1) is 13.2 Å². The van der Waals surface area contributed by atoms with Crippen LogP contribution in [0.3, 0.4) is 0 Å². The second-order valence-corrected chi connectivity index (χ2v) is 5.57. The normalized spacial score (nSPS) is 51.7. The number of hydrogen-bond donors (Lipinski definition) is 8. The summed E-state index contributed by atoms with van der Waals surface area (Å²) in [5.41, 5.74) is 0. The van der Waals surface area contributed by atoms with E-state index < -0.39 is 74.6 Å². The molecule has 0 radical (unpaired) electrons. The fourth-order valence-electron chi connectivity index (χ4n) is 2.46. The molecule has 0 unspecified atom stereocenters. The minimum atomic E-state index is -1.74. The lowest BCUT2D eigenvalue weighted by Crippen LogP contribution is -2.61. The van der Waals surface area contributed by atoms with Gasteiger partial charge < -0.3 is 55.1 Å². The fourth-order valence-corrected chi connectivity index (χ4v) is 2.46. The van der Waals surface area contributed by atoms with Crippen LogP contribution >= 0.6 is 0 Å². The third-order valence-corrected chi connectivity index (χ3v) is 3.96. The summed E-state index contributed by atoms with van der Waals surface area (Å²) in [5.74, 6) is 0. The summed E-state index contributed by atoms with van der Waals surface area (Å²) >= 11 is 0. The Hall–Kier alpha value is -0.440. The number of ether oxygens (including phenoxy) is 3. The molecular formula is C12H22O11. The van der Waals surface area contributed by atoms with Crippen molar-refractivity contribution in [3.05, 3.63) is 0 Å². The lowest BCUT2D eigenvalue weighted by Gasteiger charge is -2.41. The van der Waals surface area contributed by atoms with Gasteiger partial charge in [0.25, 0.3) is 0 Å². The third kappa shape index (κ3) is 3.81. The zero-order chi connectivity index (χ0) is 17.3. The van der Waals surface area contributed by atoms with E-state index in [-0.39, 0.29) is 0 Å². The van der Waals surface area contributed by atoms with Crippen LogP contribution in [-0.2, 0) is 14.2 Å². The van der Waals surface area contributed by atoms with Gasteiger partial charge in [0, 0.05) is 0 Å². The Kier molecular flexibility index (Phi) is 6.27. The Labute approximate surface area is 130 Å². The number of aliphatic hydroxyl groups is 8. The van der Waals surface area contributed by atoms with E-state index in [0.29, 0.717) is 0 Å².